The molecule has 2 atom stereocenters. The van der Waals surface area contributed by atoms with Crippen molar-refractivity contribution in [1.29, 1.82) is 0 Å². The van der Waals surface area contributed by atoms with E-state index in [4.69, 9.17) is 9.97 Å². The highest BCUT2D eigenvalue weighted by Gasteiger charge is 2.32. The summed E-state index contributed by atoms with van der Waals surface area (Å²) in [4.78, 5) is 24.4. The first-order valence-electron chi connectivity index (χ1n) is 14.7. The first-order chi connectivity index (χ1) is 20.8. The maximum Gasteiger partial charge on any atom is 0.270 e. The largest absolute Gasteiger partial charge is 0.598 e. The molecular weight excluding hydrogens is 593 g/mol. The summed E-state index contributed by atoms with van der Waals surface area (Å²) in [5, 5.41) is 13.7. The third kappa shape index (κ3) is 6.44. The molecule has 0 aliphatic heterocycles. The molecule has 5 rings (SSSR count). The number of rotatable bonds is 9. The molecule has 0 saturated heterocycles. The van der Waals surface area contributed by atoms with Crippen LogP contribution >= 0.6 is 11.3 Å². The molecule has 10 nitrogen and oxygen atoms in total. The van der Waals surface area contributed by atoms with E-state index in [1.54, 1.807) is 16.9 Å². The number of nitrogens with zero attached hydrogens (tertiary/aromatic N) is 6. The molecule has 4 aromatic heterocycles. The summed E-state index contributed by atoms with van der Waals surface area (Å²) in [5.41, 5.74) is 7.41. The minimum absolute atomic E-state index is 0.272. The van der Waals surface area contributed by atoms with Crippen LogP contribution in [0.25, 0.3) is 33.0 Å². The second-order valence-corrected chi connectivity index (χ2v) is 15.1. The van der Waals surface area contributed by atoms with Gasteiger partial charge in [0.05, 0.1) is 34.0 Å². The highest BCUT2D eigenvalue weighted by molar-refractivity contribution is 7.90. The van der Waals surface area contributed by atoms with Crippen LogP contribution in [0.15, 0.2) is 36.5 Å². The van der Waals surface area contributed by atoms with Crippen molar-refractivity contribution in [3.05, 3.63) is 69.5 Å². The number of amides is 1. The Morgan fingerprint density at radius 3 is 2.52 bits per heavy atom. The molecule has 0 saturated carbocycles. The van der Waals surface area contributed by atoms with Gasteiger partial charge in [-0.3, -0.25) is 14.2 Å². The van der Waals surface area contributed by atoms with Gasteiger partial charge in [-0.2, -0.15) is 10.2 Å². The lowest BCUT2D eigenvalue weighted by atomic mass is 10.1. The Bertz CT molecular complexity index is 1830. The standard InChI is InChI=1S/C32H40N8O2S2/c1-10-40-26(14-20(4)37-40)31-36-28(29(43-31)21(5)38-44(42)32(6,7)8)27-23-17-34-39(9)25(23)15-24(35-27)30(41)33-16-22-12-11-18(2)19(3)13-22/h11-15,17,21,38H,10,16H2,1-9H3,(H,33,41). The van der Waals surface area contributed by atoms with Gasteiger partial charge in [0, 0.05) is 36.9 Å². The molecule has 1 aromatic carbocycles. The van der Waals surface area contributed by atoms with Gasteiger partial charge in [0.2, 0.25) is 0 Å². The molecular formula is C32H40N8O2S2. The molecule has 0 aliphatic rings. The van der Waals surface area contributed by atoms with E-state index >= 15 is 0 Å². The molecule has 0 spiro atoms. The molecule has 12 heteroatoms. The van der Waals surface area contributed by atoms with Crippen molar-refractivity contribution < 1.29 is 9.35 Å². The van der Waals surface area contributed by atoms with Crippen LogP contribution in [0.5, 0.6) is 0 Å². The molecule has 2 N–H and O–H groups in total. The van der Waals surface area contributed by atoms with Gasteiger partial charge in [-0.05, 0) is 84.2 Å². The topological polar surface area (TPSA) is 126 Å². The first-order valence-corrected chi connectivity index (χ1v) is 16.6. The van der Waals surface area contributed by atoms with Gasteiger partial charge in [0.25, 0.3) is 5.91 Å². The van der Waals surface area contributed by atoms with Crippen molar-refractivity contribution in [3.63, 3.8) is 0 Å². The van der Waals surface area contributed by atoms with Crippen LogP contribution in [0.4, 0.5) is 0 Å². The smallest absolute Gasteiger partial charge is 0.270 e. The lowest BCUT2D eigenvalue weighted by Gasteiger charge is -2.26. The summed E-state index contributed by atoms with van der Waals surface area (Å²) in [6, 6.07) is 9.63. The Morgan fingerprint density at radius 1 is 1.09 bits per heavy atom. The van der Waals surface area contributed by atoms with Gasteiger partial charge < -0.3 is 9.87 Å². The van der Waals surface area contributed by atoms with Crippen molar-refractivity contribution in [3.8, 4) is 22.1 Å². The number of benzene rings is 1. The van der Waals surface area contributed by atoms with Crippen LogP contribution in [0, 0.1) is 20.8 Å². The predicted octanol–water partition coefficient (Wildman–Crippen LogP) is 5.94. The molecule has 1 amide bonds. The lowest BCUT2D eigenvalue weighted by molar-refractivity contribution is 0.0946. The number of aryl methyl sites for hydroxylation is 5. The summed E-state index contributed by atoms with van der Waals surface area (Å²) < 4.78 is 19.6. The van der Waals surface area contributed by atoms with Gasteiger partial charge in [-0.25, -0.2) is 9.97 Å². The van der Waals surface area contributed by atoms with Gasteiger partial charge in [0.15, 0.2) is 0 Å². The molecule has 44 heavy (non-hydrogen) atoms. The van der Waals surface area contributed by atoms with E-state index in [2.05, 4.69) is 46.2 Å². The molecule has 0 fully saturated rings. The van der Waals surface area contributed by atoms with E-state index in [9.17, 15) is 9.35 Å². The van der Waals surface area contributed by atoms with Crippen molar-refractivity contribution in [2.24, 2.45) is 7.05 Å². The maximum atomic E-state index is 13.5. The van der Waals surface area contributed by atoms with Gasteiger partial charge in [-0.15, -0.1) is 16.1 Å². The fourth-order valence-electron chi connectivity index (χ4n) is 4.88. The average Bonchev–Trinajstić information content (AvgIpc) is 3.69. The van der Waals surface area contributed by atoms with E-state index in [-0.39, 0.29) is 17.6 Å². The number of carbonyl (C=O) groups excluding carboxylic acids is 1. The number of carbonyl (C=O) groups is 1. The molecule has 0 bridgehead atoms. The van der Waals surface area contributed by atoms with Crippen LogP contribution in [0.2, 0.25) is 0 Å². The molecule has 0 aliphatic carbocycles. The highest BCUT2D eigenvalue weighted by atomic mass is 32.2. The Kier molecular flexibility index (Phi) is 8.99. The van der Waals surface area contributed by atoms with E-state index < -0.39 is 16.1 Å². The van der Waals surface area contributed by atoms with Crippen LogP contribution in [-0.4, -0.2) is 44.7 Å². The van der Waals surface area contributed by atoms with Crippen molar-refractivity contribution >= 4 is 39.5 Å². The second kappa shape index (κ2) is 12.4. The van der Waals surface area contributed by atoms with Gasteiger partial charge in [0.1, 0.15) is 26.8 Å². The number of nitrogens with one attached hydrogen (secondary N) is 2. The fraction of sp³-hybridized carbons (Fsp3) is 0.406. The number of pyridine rings is 1. The Labute approximate surface area is 265 Å². The second-order valence-electron chi connectivity index (χ2n) is 12.1. The number of hydrogen-bond acceptors (Lipinski definition) is 8. The fourth-order valence-corrected chi connectivity index (χ4v) is 6.84. The van der Waals surface area contributed by atoms with Crippen LogP contribution in [0.3, 0.4) is 0 Å². The van der Waals surface area contributed by atoms with E-state index in [1.807, 2.05) is 65.4 Å². The van der Waals surface area contributed by atoms with Gasteiger partial charge >= 0.3 is 0 Å². The third-order valence-electron chi connectivity index (χ3n) is 7.53. The van der Waals surface area contributed by atoms with Crippen LogP contribution in [-0.2, 0) is 31.5 Å². The number of thiazole rings is 1. The normalized spacial score (nSPS) is 13.4. The predicted molar refractivity (Wildman–Crippen MR) is 178 cm³/mol. The zero-order chi connectivity index (χ0) is 31.9. The lowest BCUT2D eigenvalue weighted by Crippen LogP contribution is -2.40. The average molecular weight is 633 g/mol. The SMILES string of the molecule is CCn1nc(C)cc1-c1nc(-c2nc(C(=O)NCc3ccc(C)c(C)c3)cc3c2cnn3C)c(C(C)N[S+]([O-])C(C)(C)C)s1. The first kappa shape index (κ1) is 31.8. The summed E-state index contributed by atoms with van der Waals surface area (Å²) in [7, 11) is 1.84. The van der Waals surface area contributed by atoms with Crippen LogP contribution in [0.1, 0.15) is 78.4 Å². The molecule has 2 unspecified atom stereocenters. The third-order valence-corrected chi connectivity index (χ3v) is 10.5. The summed E-state index contributed by atoms with van der Waals surface area (Å²) in [5.74, 6) is -0.288. The summed E-state index contributed by atoms with van der Waals surface area (Å²) >= 11 is 0.196. The molecule has 232 valence electrons. The van der Waals surface area contributed by atoms with E-state index in [0.717, 1.165) is 37.7 Å². The van der Waals surface area contributed by atoms with E-state index in [1.165, 1.54) is 22.5 Å². The Balaban J connectivity index is 1.61. The Hall–Kier alpha value is -3.58. The Morgan fingerprint density at radius 2 is 1.84 bits per heavy atom. The maximum absolute atomic E-state index is 13.5. The van der Waals surface area contributed by atoms with E-state index in [0.29, 0.717) is 24.5 Å². The zero-order valence-electron chi connectivity index (χ0n) is 26.8. The zero-order valence-corrected chi connectivity index (χ0v) is 28.4. The quantitative estimate of drug-likeness (QED) is 0.193. The molecule has 4 heterocycles. The minimum atomic E-state index is -1.32. The van der Waals surface area contributed by atoms with Crippen molar-refractivity contribution in [2.75, 3.05) is 0 Å². The number of hydrogen-bond donors (Lipinski definition) is 2. The monoisotopic (exact) mass is 632 g/mol. The highest BCUT2D eigenvalue weighted by Crippen LogP contribution is 2.40. The van der Waals surface area contributed by atoms with Gasteiger partial charge in [-0.1, -0.05) is 18.2 Å². The van der Waals surface area contributed by atoms with Crippen molar-refractivity contribution in [2.45, 2.75) is 79.3 Å². The number of aromatic nitrogens is 6. The summed E-state index contributed by atoms with van der Waals surface area (Å²) in [6.45, 7) is 17.0. The number of fused-ring (bicyclic) bond motifs is 1. The molecule has 5 aromatic rings. The van der Waals surface area contributed by atoms with Crippen molar-refractivity contribution in [1.82, 2.24) is 39.6 Å². The summed E-state index contributed by atoms with van der Waals surface area (Å²) in [6.07, 6.45) is 1.75. The van der Waals surface area contributed by atoms with Crippen LogP contribution < -0.4 is 10.0 Å². The minimum Gasteiger partial charge on any atom is -0.598 e. The molecule has 0 radical (unpaired) electrons.